The molecule has 1 heterocycles. The third-order valence-corrected chi connectivity index (χ3v) is 3.25. The average molecular weight is 218 g/mol. The molecule has 1 aromatic heterocycles. The molecule has 3 nitrogen and oxygen atoms in total. The molecule has 0 unspecified atom stereocenters. The number of aryl methyl sites for hydroxylation is 1. The van der Waals surface area contributed by atoms with Gasteiger partial charge in [0.25, 0.3) is 0 Å². The monoisotopic (exact) mass is 218 g/mol. The van der Waals surface area contributed by atoms with Crippen molar-refractivity contribution < 1.29 is 9.18 Å². The lowest BCUT2D eigenvalue weighted by Gasteiger charge is -2.24. The summed E-state index contributed by atoms with van der Waals surface area (Å²) in [6.07, 6.45) is 0.928. The Morgan fingerprint density at radius 3 is 2.88 bits per heavy atom. The molecule has 1 fully saturated rings. The van der Waals surface area contributed by atoms with Crippen molar-refractivity contribution in [2.75, 3.05) is 0 Å². The Kier molecular flexibility index (Phi) is 1.87. The van der Waals surface area contributed by atoms with Crippen LogP contribution >= 0.6 is 0 Å². The number of ketones is 1. The predicted molar refractivity (Wildman–Crippen MR) is 57.8 cm³/mol. The van der Waals surface area contributed by atoms with Gasteiger partial charge < -0.3 is 0 Å². The second kappa shape index (κ2) is 3.14. The highest BCUT2D eigenvalue weighted by atomic mass is 19.1. The number of aromatic amines is 1. The van der Waals surface area contributed by atoms with E-state index >= 15 is 0 Å². The number of aromatic nitrogens is 2. The largest absolute Gasteiger partial charge is 0.300 e. The molecule has 0 amide bonds. The molecule has 2 aromatic rings. The van der Waals surface area contributed by atoms with E-state index in [9.17, 15) is 9.18 Å². The van der Waals surface area contributed by atoms with E-state index in [0.29, 0.717) is 18.4 Å². The highest BCUT2D eigenvalue weighted by molar-refractivity contribution is 5.88. The van der Waals surface area contributed by atoms with Crippen molar-refractivity contribution in [1.82, 2.24) is 10.2 Å². The molecule has 1 aliphatic rings. The maximum absolute atomic E-state index is 13.8. The quantitative estimate of drug-likeness (QED) is 0.799. The first kappa shape index (κ1) is 9.51. The van der Waals surface area contributed by atoms with Crippen LogP contribution in [-0.4, -0.2) is 16.0 Å². The van der Waals surface area contributed by atoms with Crippen LogP contribution in [0, 0.1) is 12.7 Å². The summed E-state index contributed by atoms with van der Waals surface area (Å²) >= 11 is 0. The first-order valence-electron chi connectivity index (χ1n) is 5.31. The third-order valence-electron chi connectivity index (χ3n) is 3.25. The van der Waals surface area contributed by atoms with Gasteiger partial charge in [0.1, 0.15) is 11.6 Å². The summed E-state index contributed by atoms with van der Waals surface area (Å²) < 4.78 is 13.8. The zero-order chi connectivity index (χ0) is 11.3. The van der Waals surface area contributed by atoms with Gasteiger partial charge in [0.2, 0.25) is 0 Å². The molecule has 0 radical (unpaired) electrons. The molecule has 0 saturated heterocycles. The molecule has 82 valence electrons. The zero-order valence-electron chi connectivity index (χ0n) is 8.88. The molecule has 1 saturated carbocycles. The van der Waals surface area contributed by atoms with Gasteiger partial charge in [-0.05, 0) is 24.6 Å². The maximum atomic E-state index is 13.8. The van der Waals surface area contributed by atoms with Crippen molar-refractivity contribution in [3.63, 3.8) is 0 Å². The van der Waals surface area contributed by atoms with Crippen molar-refractivity contribution in [3.05, 3.63) is 29.2 Å². The molecule has 0 atom stereocenters. The molecule has 3 rings (SSSR count). The smallest absolute Gasteiger partial charge is 0.134 e. The summed E-state index contributed by atoms with van der Waals surface area (Å²) in [7, 11) is 0. The van der Waals surface area contributed by atoms with Crippen LogP contribution in [0.1, 0.15) is 30.0 Å². The van der Waals surface area contributed by atoms with Gasteiger partial charge in [-0.25, -0.2) is 4.39 Å². The van der Waals surface area contributed by atoms with E-state index in [1.54, 1.807) is 6.07 Å². The highest BCUT2D eigenvalue weighted by Crippen LogP contribution is 2.36. The Bertz CT molecular complexity index is 580. The van der Waals surface area contributed by atoms with Crippen LogP contribution in [0.4, 0.5) is 4.39 Å². The number of rotatable bonds is 1. The summed E-state index contributed by atoms with van der Waals surface area (Å²) in [5.41, 5.74) is 2.26. The van der Waals surface area contributed by atoms with Crippen molar-refractivity contribution in [2.24, 2.45) is 0 Å². The minimum Gasteiger partial charge on any atom is -0.300 e. The van der Waals surface area contributed by atoms with Crippen molar-refractivity contribution in [2.45, 2.75) is 25.7 Å². The maximum Gasteiger partial charge on any atom is 0.134 e. The van der Waals surface area contributed by atoms with Crippen molar-refractivity contribution in [1.29, 1.82) is 0 Å². The number of nitrogens with one attached hydrogen (secondary N) is 1. The van der Waals surface area contributed by atoms with E-state index in [4.69, 9.17) is 0 Å². The second-order valence-corrected chi connectivity index (χ2v) is 4.38. The average Bonchev–Trinajstić information content (AvgIpc) is 2.55. The lowest BCUT2D eigenvalue weighted by molar-refractivity contribution is -0.124. The van der Waals surface area contributed by atoms with Gasteiger partial charge in [-0.2, -0.15) is 5.10 Å². The van der Waals surface area contributed by atoms with Crippen molar-refractivity contribution >= 4 is 16.7 Å². The number of hydrogen-bond acceptors (Lipinski definition) is 2. The summed E-state index contributed by atoms with van der Waals surface area (Å²) in [6, 6.07) is 3.26. The van der Waals surface area contributed by atoms with Crippen LogP contribution in [-0.2, 0) is 4.79 Å². The fraction of sp³-hybridized carbons (Fsp3) is 0.333. The second-order valence-electron chi connectivity index (χ2n) is 4.38. The molecule has 1 aromatic carbocycles. The van der Waals surface area contributed by atoms with Gasteiger partial charge in [-0.15, -0.1) is 0 Å². The fourth-order valence-corrected chi connectivity index (χ4v) is 2.20. The van der Waals surface area contributed by atoms with Crippen LogP contribution in [0.2, 0.25) is 0 Å². The van der Waals surface area contributed by atoms with Crippen LogP contribution in [0.5, 0.6) is 0 Å². The highest BCUT2D eigenvalue weighted by Gasteiger charge is 2.30. The fourth-order valence-electron chi connectivity index (χ4n) is 2.20. The lowest BCUT2D eigenvalue weighted by atomic mass is 9.78. The van der Waals surface area contributed by atoms with E-state index in [1.807, 2.05) is 6.92 Å². The molecule has 4 heteroatoms. The Hall–Kier alpha value is -1.71. The molecule has 0 bridgehead atoms. The number of hydrogen-bond donors (Lipinski definition) is 1. The van der Waals surface area contributed by atoms with Gasteiger partial charge in [-0.3, -0.25) is 9.89 Å². The minimum atomic E-state index is -0.227. The van der Waals surface area contributed by atoms with Crippen LogP contribution in [0.3, 0.4) is 0 Å². The Morgan fingerprint density at radius 2 is 2.19 bits per heavy atom. The zero-order valence-corrected chi connectivity index (χ0v) is 8.88. The molecule has 1 aliphatic carbocycles. The van der Waals surface area contributed by atoms with E-state index < -0.39 is 0 Å². The topological polar surface area (TPSA) is 45.8 Å². The van der Waals surface area contributed by atoms with Gasteiger partial charge in [0.15, 0.2) is 0 Å². The number of carbonyl (C=O) groups excluding carboxylic acids is 1. The van der Waals surface area contributed by atoms with Crippen molar-refractivity contribution in [3.8, 4) is 0 Å². The summed E-state index contributed by atoms with van der Waals surface area (Å²) in [5.74, 6) is 0.0334. The van der Waals surface area contributed by atoms with E-state index in [-0.39, 0.29) is 17.5 Å². The molecular weight excluding hydrogens is 207 g/mol. The molecule has 16 heavy (non-hydrogen) atoms. The van der Waals surface area contributed by atoms with Gasteiger partial charge >= 0.3 is 0 Å². The lowest BCUT2D eigenvalue weighted by Crippen LogP contribution is -2.22. The first-order chi connectivity index (χ1) is 7.65. The number of halogens is 1. The van der Waals surface area contributed by atoms with E-state index in [1.165, 1.54) is 6.07 Å². The number of Topliss-reactive ketones (excluding diaryl/α,β-unsaturated/α-hetero) is 1. The molecular formula is C12H11FN2O. The number of H-pyrrole nitrogens is 1. The normalized spacial score (nSPS) is 16.8. The van der Waals surface area contributed by atoms with Gasteiger partial charge in [0, 0.05) is 29.8 Å². The minimum absolute atomic E-state index is 0.0499. The Morgan fingerprint density at radius 1 is 1.44 bits per heavy atom. The SMILES string of the molecule is Cc1[nH]nc2cc(C3CC(=O)C3)c(F)cc12. The molecule has 1 N–H and O–H groups in total. The first-order valence-corrected chi connectivity index (χ1v) is 5.31. The summed E-state index contributed by atoms with van der Waals surface area (Å²) in [5, 5.41) is 7.75. The number of fused-ring (bicyclic) bond motifs is 1. The number of carbonyl (C=O) groups is 1. The third kappa shape index (κ3) is 1.26. The molecule has 0 aliphatic heterocycles. The van der Waals surface area contributed by atoms with Crippen LogP contribution in [0.15, 0.2) is 12.1 Å². The van der Waals surface area contributed by atoms with Gasteiger partial charge in [0.05, 0.1) is 5.52 Å². The number of benzene rings is 1. The summed E-state index contributed by atoms with van der Waals surface area (Å²) in [6.45, 7) is 1.86. The van der Waals surface area contributed by atoms with Crippen LogP contribution < -0.4 is 0 Å². The predicted octanol–water partition coefficient (Wildman–Crippen LogP) is 2.46. The van der Waals surface area contributed by atoms with E-state index in [2.05, 4.69) is 10.2 Å². The van der Waals surface area contributed by atoms with Gasteiger partial charge in [-0.1, -0.05) is 0 Å². The Balaban J connectivity index is 2.11. The standard InChI is InChI=1S/C12H11FN2O/c1-6-9-4-11(13)10(5-12(9)15-14-6)7-2-8(16)3-7/h4-5,7H,2-3H2,1H3,(H,14,15). The molecule has 0 spiro atoms. The van der Waals surface area contributed by atoms with Crippen LogP contribution in [0.25, 0.3) is 10.9 Å². The summed E-state index contributed by atoms with van der Waals surface area (Å²) in [4.78, 5) is 10.9. The van der Waals surface area contributed by atoms with E-state index in [0.717, 1.165) is 16.6 Å². The Labute approximate surface area is 91.7 Å². The number of nitrogens with zero attached hydrogens (tertiary/aromatic N) is 1.